The number of aromatic hydroxyl groups is 1. The van der Waals surface area contributed by atoms with Crippen molar-refractivity contribution < 1.29 is 14.6 Å². The number of nitrogens with two attached hydrogens (primary N) is 1. The summed E-state index contributed by atoms with van der Waals surface area (Å²) in [7, 11) is 3.22. The number of hydrogen-bond acceptors (Lipinski definition) is 4. The highest BCUT2D eigenvalue weighted by Crippen LogP contribution is 2.19. The van der Waals surface area contributed by atoms with Crippen molar-refractivity contribution in [1.82, 2.24) is 4.90 Å². The Labute approximate surface area is 107 Å². The van der Waals surface area contributed by atoms with E-state index >= 15 is 0 Å². The van der Waals surface area contributed by atoms with Crippen LogP contribution in [-0.2, 0) is 4.74 Å². The molecule has 100 valence electrons. The fourth-order valence-corrected chi connectivity index (χ4v) is 1.73. The maximum Gasteiger partial charge on any atom is 0.257 e. The zero-order chi connectivity index (χ0) is 13.7. The molecule has 1 aromatic rings. The van der Waals surface area contributed by atoms with Crippen LogP contribution in [0.15, 0.2) is 18.2 Å². The molecule has 0 fully saturated rings. The smallest absolute Gasteiger partial charge is 0.257 e. The van der Waals surface area contributed by atoms with Crippen molar-refractivity contribution in [3.63, 3.8) is 0 Å². The van der Waals surface area contributed by atoms with Crippen LogP contribution < -0.4 is 5.73 Å². The number of benzene rings is 1. The molecule has 0 aliphatic heterocycles. The van der Waals surface area contributed by atoms with Gasteiger partial charge in [-0.3, -0.25) is 4.79 Å². The quantitative estimate of drug-likeness (QED) is 0.810. The van der Waals surface area contributed by atoms with Crippen LogP contribution >= 0.6 is 0 Å². The van der Waals surface area contributed by atoms with Crippen molar-refractivity contribution in [3.05, 3.63) is 29.3 Å². The number of hydrogen-bond donors (Lipinski definition) is 2. The summed E-state index contributed by atoms with van der Waals surface area (Å²) in [4.78, 5) is 13.6. The van der Waals surface area contributed by atoms with Crippen LogP contribution in [0.1, 0.15) is 15.9 Å². The third-order valence-electron chi connectivity index (χ3n) is 2.62. The average Bonchev–Trinajstić information content (AvgIpc) is 2.31. The maximum absolute atomic E-state index is 12.1. The second kappa shape index (κ2) is 6.37. The molecule has 0 saturated carbocycles. The van der Waals surface area contributed by atoms with Crippen LogP contribution in [0.3, 0.4) is 0 Å². The molecule has 1 aromatic carbocycles. The number of likely N-dealkylation sites (N-methyl/N-ethyl adjacent to an activating group) is 1. The van der Waals surface area contributed by atoms with Gasteiger partial charge in [-0.25, -0.2) is 0 Å². The van der Waals surface area contributed by atoms with E-state index in [4.69, 9.17) is 10.5 Å². The number of nitrogens with zero attached hydrogens (tertiary/aromatic N) is 1. The first-order valence-corrected chi connectivity index (χ1v) is 5.75. The molecule has 1 amide bonds. The topological polar surface area (TPSA) is 75.8 Å². The van der Waals surface area contributed by atoms with E-state index in [0.29, 0.717) is 18.7 Å². The van der Waals surface area contributed by atoms with E-state index in [2.05, 4.69) is 0 Å². The molecule has 0 aliphatic rings. The summed E-state index contributed by atoms with van der Waals surface area (Å²) >= 11 is 0. The molecule has 3 N–H and O–H groups in total. The molecule has 1 atom stereocenters. The normalized spacial score (nSPS) is 12.2. The summed E-state index contributed by atoms with van der Waals surface area (Å²) in [5, 5.41) is 9.69. The standard InChI is InChI=1S/C13H20N2O3/c1-9-4-5-12(16)11(6-9)13(17)15(2)7-10(14)8-18-3/h4-6,10,16H,7-8,14H2,1-3H3. The summed E-state index contributed by atoms with van der Waals surface area (Å²) in [6.07, 6.45) is 0. The number of phenols is 1. The number of ether oxygens (including phenoxy) is 1. The van der Waals surface area contributed by atoms with E-state index in [1.54, 1.807) is 26.3 Å². The molecule has 0 saturated heterocycles. The van der Waals surface area contributed by atoms with Crippen molar-refractivity contribution in [2.45, 2.75) is 13.0 Å². The lowest BCUT2D eigenvalue weighted by molar-refractivity contribution is 0.0761. The second-order valence-electron chi connectivity index (χ2n) is 4.42. The Morgan fingerprint density at radius 1 is 1.56 bits per heavy atom. The number of amides is 1. The summed E-state index contributed by atoms with van der Waals surface area (Å²) < 4.78 is 4.92. The molecule has 0 aliphatic carbocycles. The zero-order valence-corrected chi connectivity index (χ0v) is 11.0. The largest absolute Gasteiger partial charge is 0.507 e. The Kier molecular flexibility index (Phi) is 5.12. The van der Waals surface area contributed by atoms with Crippen molar-refractivity contribution in [2.24, 2.45) is 5.73 Å². The van der Waals surface area contributed by atoms with Crippen molar-refractivity contribution in [3.8, 4) is 5.75 Å². The SMILES string of the molecule is COCC(N)CN(C)C(=O)c1cc(C)ccc1O. The van der Waals surface area contributed by atoms with Crippen molar-refractivity contribution in [1.29, 1.82) is 0 Å². The Balaban J connectivity index is 2.77. The lowest BCUT2D eigenvalue weighted by Gasteiger charge is -2.21. The molecular weight excluding hydrogens is 232 g/mol. The number of phenolic OH excluding ortho intramolecular Hbond substituents is 1. The summed E-state index contributed by atoms with van der Waals surface area (Å²) in [6.45, 7) is 2.63. The molecule has 0 spiro atoms. The molecule has 0 bridgehead atoms. The van der Waals surface area contributed by atoms with Crippen LogP contribution in [-0.4, -0.2) is 49.3 Å². The first kappa shape index (κ1) is 14.5. The first-order valence-electron chi connectivity index (χ1n) is 5.75. The highest BCUT2D eigenvalue weighted by atomic mass is 16.5. The number of rotatable bonds is 5. The molecular formula is C13H20N2O3. The van der Waals surface area contributed by atoms with Crippen molar-refractivity contribution >= 4 is 5.91 Å². The predicted octanol–water partition coefficient (Wildman–Crippen LogP) is 0.746. The van der Waals surface area contributed by atoms with Gasteiger partial charge in [0.25, 0.3) is 5.91 Å². The molecule has 0 radical (unpaired) electrons. The molecule has 1 unspecified atom stereocenters. The predicted molar refractivity (Wildman–Crippen MR) is 69.7 cm³/mol. The van der Waals surface area contributed by atoms with Gasteiger partial charge in [-0.2, -0.15) is 0 Å². The Hall–Kier alpha value is -1.59. The molecule has 5 heteroatoms. The summed E-state index contributed by atoms with van der Waals surface area (Å²) in [5.74, 6) is -0.263. The Morgan fingerprint density at radius 3 is 2.83 bits per heavy atom. The maximum atomic E-state index is 12.1. The number of carbonyl (C=O) groups is 1. The van der Waals surface area contributed by atoms with E-state index in [1.807, 2.05) is 6.92 Å². The highest BCUT2D eigenvalue weighted by Gasteiger charge is 2.17. The van der Waals surface area contributed by atoms with E-state index in [0.717, 1.165) is 5.56 Å². The monoisotopic (exact) mass is 252 g/mol. The van der Waals surface area contributed by atoms with Gasteiger partial charge < -0.3 is 20.5 Å². The highest BCUT2D eigenvalue weighted by molar-refractivity contribution is 5.96. The van der Waals surface area contributed by atoms with E-state index in [-0.39, 0.29) is 17.7 Å². The Bertz CT molecular complexity index is 421. The fraction of sp³-hybridized carbons (Fsp3) is 0.462. The summed E-state index contributed by atoms with van der Waals surface area (Å²) in [6, 6.07) is 4.69. The third-order valence-corrected chi connectivity index (χ3v) is 2.62. The van der Waals surface area contributed by atoms with Gasteiger partial charge in [-0.1, -0.05) is 11.6 Å². The minimum absolute atomic E-state index is 0.0160. The molecule has 0 aromatic heterocycles. The molecule has 5 nitrogen and oxygen atoms in total. The van der Waals surface area contributed by atoms with Crippen LogP contribution in [0.5, 0.6) is 5.75 Å². The third kappa shape index (κ3) is 3.72. The first-order chi connectivity index (χ1) is 8.45. The van der Waals surface area contributed by atoms with Crippen LogP contribution in [0, 0.1) is 6.92 Å². The van der Waals surface area contributed by atoms with Gasteiger partial charge >= 0.3 is 0 Å². The van der Waals surface area contributed by atoms with Gasteiger partial charge in [0.2, 0.25) is 0 Å². The van der Waals surface area contributed by atoms with Gasteiger partial charge in [-0.05, 0) is 19.1 Å². The van der Waals surface area contributed by atoms with Gasteiger partial charge in [0, 0.05) is 26.7 Å². The number of carbonyl (C=O) groups excluding carboxylic acids is 1. The number of aryl methyl sites for hydroxylation is 1. The molecule has 18 heavy (non-hydrogen) atoms. The van der Waals surface area contributed by atoms with Crippen molar-refractivity contribution in [2.75, 3.05) is 27.3 Å². The van der Waals surface area contributed by atoms with E-state index in [1.165, 1.54) is 11.0 Å². The van der Waals surface area contributed by atoms with Crippen LogP contribution in [0.25, 0.3) is 0 Å². The average molecular weight is 252 g/mol. The van der Waals surface area contributed by atoms with Gasteiger partial charge in [0.15, 0.2) is 0 Å². The van der Waals surface area contributed by atoms with E-state index in [9.17, 15) is 9.90 Å². The Morgan fingerprint density at radius 2 is 2.22 bits per heavy atom. The van der Waals surface area contributed by atoms with Crippen LogP contribution in [0.4, 0.5) is 0 Å². The molecule has 1 rings (SSSR count). The zero-order valence-electron chi connectivity index (χ0n) is 11.0. The minimum Gasteiger partial charge on any atom is -0.507 e. The van der Waals surface area contributed by atoms with Crippen LogP contribution in [0.2, 0.25) is 0 Å². The van der Waals surface area contributed by atoms with Gasteiger partial charge in [0.1, 0.15) is 5.75 Å². The molecule has 0 heterocycles. The van der Waals surface area contributed by atoms with Gasteiger partial charge in [-0.15, -0.1) is 0 Å². The lowest BCUT2D eigenvalue weighted by atomic mass is 10.1. The summed E-state index contributed by atoms with van der Waals surface area (Å²) in [5.41, 5.74) is 7.00. The number of methoxy groups -OCH3 is 1. The lowest BCUT2D eigenvalue weighted by Crippen LogP contribution is -2.41. The van der Waals surface area contributed by atoms with E-state index < -0.39 is 0 Å². The second-order valence-corrected chi connectivity index (χ2v) is 4.42. The fourth-order valence-electron chi connectivity index (χ4n) is 1.73. The minimum atomic E-state index is -0.247. The van der Waals surface area contributed by atoms with Gasteiger partial charge in [0.05, 0.1) is 12.2 Å².